The average molecular weight is 549 g/mol. The molecule has 0 aromatic rings. The Labute approximate surface area is 227 Å². The van der Waals surface area contributed by atoms with Crippen LogP contribution in [-0.4, -0.2) is 96.7 Å². The molecule has 0 rings (SSSR count). The molecule has 0 saturated carbocycles. The van der Waals surface area contributed by atoms with Gasteiger partial charge < -0.3 is 41.7 Å². The largest absolute Gasteiger partial charge is 0.395 e. The van der Waals surface area contributed by atoms with Crippen LogP contribution in [0.25, 0.3) is 0 Å². The van der Waals surface area contributed by atoms with Gasteiger partial charge in [0, 0.05) is 51.9 Å². The molecule has 0 aromatic heterocycles. The van der Waals surface area contributed by atoms with Gasteiger partial charge >= 0.3 is 0 Å². The number of carbonyl (C=O) groups excluding carboxylic acids is 4. The van der Waals surface area contributed by atoms with E-state index in [1.807, 2.05) is 0 Å². The van der Waals surface area contributed by atoms with Crippen molar-refractivity contribution in [2.45, 2.75) is 89.9 Å². The fraction of sp³-hybridized carbons (Fsp3) is 0.846. The first-order chi connectivity index (χ1) is 18.4. The lowest BCUT2D eigenvalue weighted by atomic mass is 10.1. The van der Waals surface area contributed by atoms with Gasteiger partial charge in [-0.05, 0) is 25.7 Å². The van der Waals surface area contributed by atoms with Crippen LogP contribution in [0.1, 0.15) is 89.9 Å². The number of unbranched alkanes of at least 4 members (excludes halogenated alkanes) is 8. The number of rotatable bonds is 24. The summed E-state index contributed by atoms with van der Waals surface area (Å²) >= 11 is 0. The van der Waals surface area contributed by atoms with Crippen LogP contribution in [0.2, 0.25) is 0 Å². The summed E-state index contributed by atoms with van der Waals surface area (Å²) in [6.07, 6.45) is 11.3. The summed E-state index contributed by atoms with van der Waals surface area (Å²) in [6, 6.07) is 0. The predicted molar refractivity (Wildman–Crippen MR) is 145 cm³/mol. The number of carbonyl (C=O) groups is 4. The molecule has 0 saturated heterocycles. The number of nitrogens with one attached hydrogen (secondary N) is 4. The maximum atomic E-state index is 11.2. The van der Waals surface area contributed by atoms with Crippen molar-refractivity contribution >= 4 is 23.6 Å². The molecule has 0 fully saturated rings. The number of hydrogen-bond acceptors (Lipinski definition) is 8. The molecule has 0 aliphatic rings. The highest BCUT2D eigenvalue weighted by atomic mass is 16.3. The summed E-state index contributed by atoms with van der Waals surface area (Å²) in [7, 11) is 0. The van der Waals surface area contributed by atoms with Gasteiger partial charge in [0.05, 0.1) is 26.4 Å². The fourth-order valence-electron chi connectivity index (χ4n) is 3.34. The van der Waals surface area contributed by atoms with Crippen LogP contribution >= 0.6 is 0 Å². The van der Waals surface area contributed by atoms with Gasteiger partial charge in [-0.3, -0.25) is 19.2 Å². The molecule has 0 heterocycles. The molecule has 224 valence electrons. The van der Waals surface area contributed by atoms with Crippen LogP contribution in [0.5, 0.6) is 0 Å². The molecule has 12 heteroatoms. The summed E-state index contributed by atoms with van der Waals surface area (Å²) in [5, 5.41) is 44.5. The molecular weight excluding hydrogens is 496 g/mol. The quantitative estimate of drug-likeness (QED) is 0.0763. The van der Waals surface area contributed by atoms with E-state index < -0.39 is 0 Å². The maximum Gasteiger partial charge on any atom is 0.220 e. The predicted octanol–water partition coefficient (Wildman–Crippen LogP) is -0.132. The topological polar surface area (TPSA) is 197 Å². The van der Waals surface area contributed by atoms with E-state index >= 15 is 0 Å². The zero-order valence-electron chi connectivity index (χ0n) is 23.0. The molecule has 4 amide bonds. The van der Waals surface area contributed by atoms with E-state index in [0.29, 0.717) is 51.9 Å². The molecule has 0 aliphatic heterocycles. The van der Waals surface area contributed by atoms with Crippen molar-refractivity contribution in [3.63, 3.8) is 0 Å². The average Bonchev–Trinajstić information content (AvgIpc) is 2.91. The van der Waals surface area contributed by atoms with Gasteiger partial charge in [-0.25, -0.2) is 0 Å². The van der Waals surface area contributed by atoms with Crippen molar-refractivity contribution in [2.75, 3.05) is 52.6 Å². The van der Waals surface area contributed by atoms with Crippen LogP contribution in [0.3, 0.4) is 0 Å². The number of hydrogen-bond donors (Lipinski definition) is 8. The summed E-state index contributed by atoms with van der Waals surface area (Å²) in [4.78, 5) is 44.7. The first-order valence-corrected chi connectivity index (χ1v) is 13.9. The minimum absolute atomic E-state index is 0.0163. The van der Waals surface area contributed by atoms with Crippen LogP contribution in [0, 0.1) is 0 Å². The first kappa shape index (κ1) is 37.9. The van der Waals surface area contributed by atoms with Crippen LogP contribution < -0.4 is 21.3 Å². The third-order valence-electron chi connectivity index (χ3n) is 5.35. The third-order valence-corrected chi connectivity index (χ3v) is 5.35. The molecule has 0 bridgehead atoms. The molecule has 0 aliphatic carbocycles. The smallest absolute Gasteiger partial charge is 0.220 e. The Kier molecular flexibility index (Phi) is 30.8. The second kappa shape index (κ2) is 30.9. The molecule has 12 nitrogen and oxygen atoms in total. The fourth-order valence-corrected chi connectivity index (χ4v) is 3.34. The Morgan fingerprint density at radius 2 is 0.526 bits per heavy atom. The lowest BCUT2D eigenvalue weighted by Crippen LogP contribution is -2.26. The second-order valence-electron chi connectivity index (χ2n) is 8.83. The normalized spacial score (nSPS) is 10.2. The Bertz CT molecular complexity index is 496. The Morgan fingerprint density at radius 3 is 0.711 bits per heavy atom. The minimum atomic E-state index is -0.0237. The highest BCUT2D eigenvalue weighted by Crippen LogP contribution is 2.08. The molecule has 38 heavy (non-hydrogen) atoms. The molecule has 0 spiro atoms. The van der Waals surface area contributed by atoms with Gasteiger partial charge in [-0.2, -0.15) is 0 Å². The zero-order chi connectivity index (χ0) is 28.7. The summed E-state index contributed by atoms with van der Waals surface area (Å²) in [5.41, 5.74) is 0. The molecule has 0 atom stereocenters. The van der Waals surface area contributed by atoms with E-state index in [9.17, 15) is 19.2 Å². The molecule has 0 aromatic carbocycles. The Balaban J connectivity index is 0. The molecule has 0 unspecified atom stereocenters. The number of aliphatic hydroxyl groups excluding tert-OH is 4. The van der Waals surface area contributed by atoms with Gasteiger partial charge in [0.1, 0.15) is 0 Å². The van der Waals surface area contributed by atoms with Crippen molar-refractivity contribution in [1.82, 2.24) is 21.3 Å². The Morgan fingerprint density at radius 1 is 0.342 bits per heavy atom. The molecule has 0 radical (unpaired) electrons. The van der Waals surface area contributed by atoms with Gasteiger partial charge in [0.25, 0.3) is 0 Å². The zero-order valence-corrected chi connectivity index (χ0v) is 23.0. The van der Waals surface area contributed by atoms with E-state index in [-0.39, 0.29) is 50.1 Å². The standard InChI is InChI=1S/2C13H26N2O4/c2*16-10-8-14-12(18)6-4-2-1-3-5-7-13(19)15-9-11-17/h2*16-17H,1-11H2,(H,14,18)(H,15,19). The summed E-state index contributed by atoms with van der Waals surface area (Å²) in [5.74, 6) is -0.0651. The van der Waals surface area contributed by atoms with Crippen molar-refractivity contribution in [3.05, 3.63) is 0 Å². The monoisotopic (exact) mass is 548 g/mol. The third kappa shape index (κ3) is 31.7. The number of aliphatic hydroxyl groups is 4. The van der Waals surface area contributed by atoms with Crippen molar-refractivity contribution in [1.29, 1.82) is 0 Å². The summed E-state index contributed by atoms with van der Waals surface area (Å²) in [6.45, 7) is 1.19. The van der Waals surface area contributed by atoms with Crippen LogP contribution in [0.4, 0.5) is 0 Å². The lowest BCUT2D eigenvalue weighted by Gasteiger charge is -2.04. The second-order valence-corrected chi connectivity index (χ2v) is 8.83. The SMILES string of the molecule is O=C(CCCCCCCC(=O)NCCO)NCCO.O=C(CCCCCCCC(=O)NCCO)NCCO. The van der Waals surface area contributed by atoms with Gasteiger partial charge in [-0.1, -0.05) is 38.5 Å². The lowest BCUT2D eigenvalue weighted by molar-refractivity contribution is -0.122. The van der Waals surface area contributed by atoms with E-state index in [4.69, 9.17) is 20.4 Å². The van der Waals surface area contributed by atoms with E-state index in [0.717, 1.165) is 64.2 Å². The van der Waals surface area contributed by atoms with Gasteiger partial charge in [0.15, 0.2) is 0 Å². The van der Waals surface area contributed by atoms with Crippen LogP contribution in [0.15, 0.2) is 0 Å². The molecule has 8 N–H and O–H groups in total. The van der Waals surface area contributed by atoms with E-state index in [2.05, 4.69) is 21.3 Å². The maximum absolute atomic E-state index is 11.2. The van der Waals surface area contributed by atoms with Gasteiger partial charge in [0.2, 0.25) is 23.6 Å². The van der Waals surface area contributed by atoms with Crippen molar-refractivity contribution in [2.24, 2.45) is 0 Å². The van der Waals surface area contributed by atoms with Gasteiger partial charge in [-0.15, -0.1) is 0 Å². The minimum Gasteiger partial charge on any atom is -0.395 e. The highest BCUT2D eigenvalue weighted by Gasteiger charge is 2.03. The summed E-state index contributed by atoms with van der Waals surface area (Å²) < 4.78 is 0. The Hall–Kier alpha value is -2.28. The van der Waals surface area contributed by atoms with E-state index in [1.165, 1.54) is 0 Å². The van der Waals surface area contributed by atoms with Crippen molar-refractivity contribution < 1.29 is 39.6 Å². The van der Waals surface area contributed by atoms with Crippen molar-refractivity contribution in [3.8, 4) is 0 Å². The first-order valence-electron chi connectivity index (χ1n) is 13.9. The van der Waals surface area contributed by atoms with E-state index in [1.54, 1.807) is 0 Å². The molecular formula is C26H52N4O8. The van der Waals surface area contributed by atoms with Crippen LogP contribution in [-0.2, 0) is 19.2 Å². The number of amides is 4. The highest BCUT2D eigenvalue weighted by molar-refractivity contribution is 5.76.